The molecule has 0 saturated heterocycles. The number of alkyl carbamates (subject to hydrolysis) is 1. The summed E-state index contributed by atoms with van der Waals surface area (Å²) in [6.07, 6.45) is 4.92. The van der Waals surface area contributed by atoms with E-state index in [2.05, 4.69) is 5.32 Å². The van der Waals surface area contributed by atoms with Gasteiger partial charge >= 0.3 is 6.09 Å². The maximum absolute atomic E-state index is 12.3. The molecule has 110 valence electrons. The van der Waals surface area contributed by atoms with Gasteiger partial charge < -0.3 is 10.1 Å². The van der Waals surface area contributed by atoms with Crippen molar-refractivity contribution in [3.63, 3.8) is 0 Å². The number of hydrogen-bond donors (Lipinski definition) is 1. The number of rotatable bonds is 5. The first-order valence-electron chi connectivity index (χ1n) is 7.42. The third-order valence-corrected chi connectivity index (χ3v) is 3.61. The van der Waals surface area contributed by atoms with Crippen LogP contribution in [0.1, 0.15) is 59.8 Å². The van der Waals surface area contributed by atoms with E-state index in [4.69, 9.17) is 4.74 Å². The number of carbonyl (C=O) groups is 2. The first-order valence-corrected chi connectivity index (χ1v) is 7.42. The highest BCUT2D eigenvalue weighted by atomic mass is 16.6. The Labute approximate surface area is 116 Å². The smallest absolute Gasteiger partial charge is 0.407 e. The van der Waals surface area contributed by atoms with Crippen LogP contribution in [0.4, 0.5) is 4.79 Å². The van der Waals surface area contributed by atoms with Gasteiger partial charge in [-0.3, -0.25) is 4.79 Å². The van der Waals surface area contributed by atoms with Gasteiger partial charge in [-0.25, -0.2) is 4.79 Å². The molecule has 0 aromatic carbocycles. The molecule has 1 fully saturated rings. The minimum Gasteiger partial charge on any atom is -0.447 e. The summed E-state index contributed by atoms with van der Waals surface area (Å²) in [7, 11) is 0. The summed E-state index contributed by atoms with van der Waals surface area (Å²) in [5.41, 5.74) is 0. The SMILES string of the molecule is CC(C)OC(=O)N[C@H](C(=O)C(C)C)C1CCCCC1. The summed E-state index contributed by atoms with van der Waals surface area (Å²) in [6, 6.07) is -0.383. The van der Waals surface area contributed by atoms with E-state index >= 15 is 0 Å². The Morgan fingerprint density at radius 3 is 2.11 bits per heavy atom. The number of ether oxygens (including phenoxy) is 1. The molecule has 0 aromatic rings. The highest BCUT2D eigenvalue weighted by Crippen LogP contribution is 2.28. The summed E-state index contributed by atoms with van der Waals surface area (Å²) in [5.74, 6) is 0.322. The summed E-state index contributed by atoms with van der Waals surface area (Å²) in [4.78, 5) is 24.0. The van der Waals surface area contributed by atoms with Crippen molar-refractivity contribution in [2.45, 2.75) is 71.9 Å². The third kappa shape index (κ3) is 5.21. The zero-order valence-corrected chi connectivity index (χ0v) is 12.6. The van der Waals surface area contributed by atoms with Crippen LogP contribution >= 0.6 is 0 Å². The van der Waals surface area contributed by atoms with E-state index in [0.717, 1.165) is 25.7 Å². The lowest BCUT2D eigenvalue weighted by Gasteiger charge is -2.30. The van der Waals surface area contributed by atoms with Gasteiger partial charge in [0.05, 0.1) is 12.1 Å². The molecule has 1 amide bonds. The van der Waals surface area contributed by atoms with Crippen molar-refractivity contribution < 1.29 is 14.3 Å². The summed E-state index contributed by atoms with van der Waals surface area (Å²) in [5, 5.41) is 2.79. The van der Waals surface area contributed by atoms with E-state index < -0.39 is 6.09 Å². The zero-order chi connectivity index (χ0) is 14.4. The molecule has 0 unspecified atom stereocenters. The quantitative estimate of drug-likeness (QED) is 0.833. The largest absolute Gasteiger partial charge is 0.447 e. The van der Waals surface area contributed by atoms with Gasteiger partial charge in [0.1, 0.15) is 0 Å². The van der Waals surface area contributed by atoms with Crippen molar-refractivity contribution in [3.05, 3.63) is 0 Å². The van der Waals surface area contributed by atoms with Crippen LogP contribution < -0.4 is 5.32 Å². The minimum atomic E-state index is -0.473. The maximum Gasteiger partial charge on any atom is 0.407 e. The van der Waals surface area contributed by atoms with Crippen LogP contribution in [-0.4, -0.2) is 24.0 Å². The van der Waals surface area contributed by atoms with E-state index in [1.165, 1.54) is 6.42 Å². The number of hydrogen-bond acceptors (Lipinski definition) is 3. The van der Waals surface area contributed by atoms with E-state index in [-0.39, 0.29) is 29.8 Å². The fourth-order valence-corrected chi connectivity index (χ4v) is 2.62. The lowest BCUT2D eigenvalue weighted by Crippen LogP contribution is -2.48. The van der Waals surface area contributed by atoms with Crippen molar-refractivity contribution in [1.82, 2.24) is 5.32 Å². The molecular formula is C15H27NO3. The summed E-state index contributed by atoms with van der Waals surface area (Å²) < 4.78 is 5.10. The van der Waals surface area contributed by atoms with Crippen molar-refractivity contribution in [2.24, 2.45) is 11.8 Å². The second kappa shape index (κ2) is 7.51. The highest BCUT2D eigenvalue weighted by molar-refractivity contribution is 5.89. The minimum absolute atomic E-state index is 0.0636. The zero-order valence-electron chi connectivity index (χ0n) is 12.6. The van der Waals surface area contributed by atoms with Gasteiger partial charge in [0.2, 0.25) is 0 Å². The van der Waals surface area contributed by atoms with Crippen LogP contribution in [0.3, 0.4) is 0 Å². The molecule has 0 heterocycles. The van der Waals surface area contributed by atoms with Crippen molar-refractivity contribution >= 4 is 11.9 Å². The number of Topliss-reactive ketones (excluding diaryl/α,β-unsaturated/α-hetero) is 1. The molecule has 19 heavy (non-hydrogen) atoms. The van der Waals surface area contributed by atoms with E-state index in [9.17, 15) is 9.59 Å². The van der Waals surface area contributed by atoms with Gasteiger partial charge in [0.25, 0.3) is 0 Å². The summed E-state index contributed by atoms with van der Waals surface area (Å²) in [6.45, 7) is 7.38. The predicted molar refractivity (Wildman–Crippen MR) is 75.0 cm³/mol. The van der Waals surface area contributed by atoms with Gasteiger partial charge in [-0.15, -0.1) is 0 Å². The Bertz CT molecular complexity index is 307. The van der Waals surface area contributed by atoms with E-state index in [1.807, 2.05) is 13.8 Å². The van der Waals surface area contributed by atoms with Crippen LogP contribution in [0.15, 0.2) is 0 Å². The Hall–Kier alpha value is -1.06. The Morgan fingerprint density at radius 2 is 1.63 bits per heavy atom. The number of nitrogens with one attached hydrogen (secondary N) is 1. The topological polar surface area (TPSA) is 55.4 Å². The first-order chi connectivity index (χ1) is 8.91. The average Bonchev–Trinajstić information content (AvgIpc) is 2.35. The lowest BCUT2D eigenvalue weighted by atomic mass is 9.80. The Balaban J connectivity index is 2.68. The van der Waals surface area contributed by atoms with Gasteiger partial charge in [-0.1, -0.05) is 33.1 Å². The van der Waals surface area contributed by atoms with Gasteiger partial charge in [-0.2, -0.15) is 0 Å². The molecule has 0 aliphatic heterocycles. The molecule has 1 aliphatic carbocycles. The fourth-order valence-electron chi connectivity index (χ4n) is 2.62. The molecule has 0 aromatic heterocycles. The third-order valence-electron chi connectivity index (χ3n) is 3.61. The normalized spacial score (nSPS) is 18.4. The van der Waals surface area contributed by atoms with Crippen molar-refractivity contribution in [3.8, 4) is 0 Å². The van der Waals surface area contributed by atoms with Gasteiger partial charge in [0.15, 0.2) is 5.78 Å². The second-order valence-corrected chi connectivity index (χ2v) is 6.03. The Kier molecular flexibility index (Phi) is 6.32. The fraction of sp³-hybridized carbons (Fsp3) is 0.867. The van der Waals surface area contributed by atoms with E-state index in [0.29, 0.717) is 0 Å². The molecule has 4 nitrogen and oxygen atoms in total. The van der Waals surface area contributed by atoms with Crippen LogP contribution in [0.2, 0.25) is 0 Å². The molecule has 1 N–H and O–H groups in total. The van der Waals surface area contributed by atoms with Crippen molar-refractivity contribution in [1.29, 1.82) is 0 Å². The number of ketones is 1. The molecule has 0 bridgehead atoms. The van der Waals surface area contributed by atoms with E-state index in [1.54, 1.807) is 13.8 Å². The molecule has 1 saturated carbocycles. The maximum atomic E-state index is 12.3. The Morgan fingerprint density at radius 1 is 1.05 bits per heavy atom. The molecule has 1 rings (SSSR count). The standard InChI is InChI=1S/C15H27NO3/c1-10(2)14(17)13(12-8-6-5-7-9-12)16-15(18)19-11(3)4/h10-13H,5-9H2,1-4H3,(H,16,18)/t13-/m0/s1. The molecule has 1 aliphatic rings. The predicted octanol–water partition coefficient (Wildman–Crippen LogP) is 3.30. The molecule has 0 spiro atoms. The number of carbonyl (C=O) groups excluding carboxylic acids is 2. The van der Waals surface area contributed by atoms with Crippen LogP contribution in [0, 0.1) is 11.8 Å². The number of amides is 1. The molecule has 4 heteroatoms. The second-order valence-electron chi connectivity index (χ2n) is 6.03. The van der Waals surface area contributed by atoms with Gasteiger partial charge in [-0.05, 0) is 32.6 Å². The highest BCUT2D eigenvalue weighted by Gasteiger charge is 2.32. The summed E-state index contributed by atoms with van der Waals surface area (Å²) >= 11 is 0. The monoisotopic (exact) mass is 269 g/mol. The van der Waals surface area contributed by atoms with Crippen LogP contribution in [-0.2, 0) is 9.53 Å². The first kappa shape index (κ1) is 16.0. The van der Waals surface area contributed by atoms with Crippen LogP contribution in [0.5, 0.6) is 0 Å². The lowest BCUT2D eigenvalue weighted by molar-refractivity contribution is -0.125. The van der Waals surface area contributed by atoms with Gasteiger partial charge in [0, 0.05) is 5.92 Å². The molecular weight excluding hydrogens is 242 g/mol. The molecule has 0 radical (unpaired) electrons. The average molecular weight is 269 g/mol. The molecule has 1 atom stereocenters. The van der Waals surface area contributed by atoms with Crippen molar-refractivity contribution in [2.75, 3.05) is 0 Å². The van der Waals surface area contributed by atoms with Crippen LogP contribution in [0.25, 0.3) is 0 Å².